The van der Waals surface area contributed by atoms with Crippen LogP contribution in [0.25, 0.3) is 28.2 Å². The van der Waals surface area contributed by atoms with Crippen molar-refractivity contribution in [2.75, 3.05) is 25.5 Å². The molecule has 1 atom stereocenters. The van der Waals surface area contributed by atoms with Crippen molar-refractivity contribution in [2.45, 2.75) is 12.5 Å². The third-order valence-electron chi connectivity index (χ3n) is 5.27. The van der Waals surface area contributed by atoms with E-state index in [-0.39, 0.29) is 0 Å². The largest absolute Gasteiger partial charge is 0.496 e. The van der Waals surface area contributed by atoms with Gasteiger partial charge in [0, 0.05) is 49.2 Å². The van der Waals surface area contributed by atoms with Crippen LogP contribution in [-0.4, -0.2) is 50.4 Å². The van der Waals surface area contributed by atoms with Gasteiger partial charge in [-0.05, 0) is 25.1 Å². The molecule has 1 saturated heterocycles. The fourth-order valence-electron chi connectivity index (χ4n) is 3.79. The van der Waals surface area contributed by atoms with Crippen LogP contribution in [0.3, 0.4) is 0 Å². The predicted molar refractivity (Wildman–Crippen MR) is 112 cm³/mol. The van der Waals surface area contributed by atoms with Crippen LogP contribution in [-0.2, 0) is 7.05 Å². The van der Waals surface area contributed by atoms with Crippen molar-refractivity contribution in [1.82, 2.24) is 29.5 Å². The number of methoxy groups -OCH3 is 1. The lowest BCUT2D eigenvalue weighted by molar-refractivity contribution is 0.416. The molecule has 0 amide bonds. The number of ether oxygens (including phenoxy) is 1. The first kappa shape index (κ1) is 17.7. The Hall–Kier alpha value is -3.39. The molecule has 4 aromatic heterocycles. The summed E-state index contributed by atoms with van der Waals surface area (Å²) in [7, 11) is 3.57. The molecule has 1 aliphatic rings. The maximum Gasteiger partial charge on any atom is 0.140 e. The molecule has 0 bridgehead atoms. The van der Waals surface area contributed by atoms with Crippen molar-refractivity contribution in [2.24, 2.45) is 7.05 Å². The summed E-state index contributed by atoms with van der Waals surface area (Å²) in [5.74, 6) is 1.65. The van der Waals surface area contributed by atoms with Gasteiger partial charge in [-0.1, -0.05) is 6.07 Å². The fraction of sp³-hybridized carbons (Fsp3) is 0.286. The van der Waals surface area contributed by atoms with Gasteiger partial charge in [-0.3, -0.25) is 9.08 Å². The zero-order valence-corrected chi connectivity index (χ0v) is 16.5. The van der Waals surface area contributed by atoms with E-state index < -0.39 is 0 Å². The summed E-state index contributed by atoms with van der Waals surface area (Å²) >= 11 is 0. The summed E-state index contributed by atoms with van der Waals surface area (Å²) in [5.41, 5.74) is 4.56. The molecule has 0 saturated carbocycles. The Kier molecular flexibility index (Phi) is 4.40. The van der Waals surface area contributed by atoms with Gasteiger partial charge in [-0.25, -0.2) is 9.97 Å². The van der Waals surface area contributed by atoms with E-state index in [9.17, 15) is 0 Å². The molecule has 4 aromatic rings. The lowest BCUT2D eigenvalue weighted by atomic mass is 10.1. The fourth-order valence-corrected chi connectivity index (χ4v) is 3.79. The first-order chi connectivity index (χ1) is 14.2. The zero-order valence-electron chi connectivity index (χ0n) is 16.5. The highest BCUT2D eigenvalue weighted by atomic mass is 16.5. The molecule has 0 spiro atoms. The third-order valence-corrected chi connectivity index (χ3v) is 5.27. The first-order valence-electron chi connectivity index (χ1n) is 9.70. The van der Waals surface area contributed by atoms with Crippen LogP contribution in [0.2, 0.25) is 0 Å². The molecular weight excluding hydrogens is 366 g/mol. The predicted octanol–water partition coefficient (Wildman–Crippen LogP) is 2.58. The molecular formula is C21H23N7O. The number of hydrogen-bond acceptors (Lipinski definition) is 6. The van der Waals surface area contributed by atoms with Crippen molar-refractivity contribution in [1.29, 1.82) is 0 Å². The summed E-state index contributed by atoms with van der Waals surface area (Å²) < 4.78 is 9.43. The summed E-state index contributed by atoms with van der Waals surface area (Å²) in [4.78, 5) is 9.40. The second-order valence-electron chi connectivity index (χ2n) is 7.27. The normalized spacial score (nSPS) is 16.4. The smallest absolute Gasteiger partial charge is 0.140 e. The number of aryl methyl sites for hydroxylation is 1. The molecule has 148 valence electrons. The van der Waals surface area contributed by atoms with Gasteiger partial charge < -0.3 is 15.4 Å². The van der Waals surface area contributed by atoms with Crippen molar-refractivity contribution in [3.05, 3.63) is 49.1 Å². The van der Waals surface area contributed by atoms with Crippen molar-refractivity contribution < 1.29 is 4.74 Å². The van der Waals surface area contributed by atoms with Gasteiger partial charge in [0.1, 0.15) is 17.2 Å². The molecule has 5 rings (SSSR count). The zero-order chi connectivity index (χ0) is 19.8. The van der Waals surface area contributed by atoms with E-state index in [4.69, 9.17) is 9.72 Å². The van der Waals surface area contributed by atoms with Crippen LogP contribution in [0.15, 0.2) is 49.1 Å². The van der Waals surface area contributed by atoms with Gasteiger partial charge in [-0.15, -0.1) is 0 Å². The molecule has 1 unspecified atom stereocenters. The van der Waals surface area contributed by atoms with Crippen LogP contribution >= 0.6 is 0 Å². The second-order valence-corrected chi connectivity index (χ2v) is 7.27. The summed E-state index contributed by atoms with van der Waals surface area (Å²) in [5, 5.41) is 11.2. The monoisotopic (exact) mass is 389 g/mol. The number of pyridine rings is 2. The van der Waals surface area contributed by atoms with E-state index in [1.807, 2.05) is 60.5 Å². The first-order valence-corrected chi connectivity index (χ1v) is 9.70. The van der Waals surface area contributed by atoms with E-state index in [0.717, 1.165) is 59.2 Å². The summed E-state index contributed by atoms with van der Waals surface area (Å²) in [6.07, 6.45) is 8.80. The molecule has 2 N–H and O–H groups in total. The molecule has 0 radical (unpaired) electrons. The van der Waals surface area contributed by atoms with Gasteiger partial charge in [-0.2, -0.15) is 5.10 Å². The highest BCUT2D eigenvalue weighted by Gasteiger charge is 2.17. The lowest BCUT2D eigenvalue weighted by Gasteiger charge is -2.13. The minimum absolute atomic E-state index is 0.418. The number of anilines is 1. The molecule has 8 heteroatoms. The van der Waals surface area contributed by atoms with Gasteiger partial charge in [0.25, 0.3) is 0 Å². The van der Waals surface area contributed by atoms with Gasteiger partial charge in [0.05, 0.1) is 30.9 Å². The number of fused-ring (bicyclic) bond motifs is 1. The summed E-state index contributed by atoms with van der Waals surface area (Å²) in [6.45, 7) is 2.01. The number of hydrogen-bond donors (Lipinski definition) is 2. The number of aromatic nitrogens is 5. The topological polar surface area (TPSA) is 81.3 Å². The van der Waals surface area contributed by atoms with Crippen molar-refractivity contribution in [3.63, 3.8) is 0 Å². The molecule has 8 nitrogen and oxygen atoms in total. The number of nitrogens with one attached hydrogen (secondary N) is 2. The molecule has 29 heavy (non-hydrogen) atoms. The van der Waals surface area contributed by atoms with E-state index in [0.29, 0.717) is 6.04 Å². The average Bonchev–Trinajstić information content (AvgIpc) is 3.48. The molecule has 1 aliphatic heterocycles. The van der Waals surface area contributed by atoms with E-state index >= 15 is 0 Å². The maximum absolute atomic E-state index is 5.60. The number of imidazole rings is 1. The van der Waals surface area contributed by atoms with Gasteiger partial charge in [0.2, 0.25) is 0 Å². The van der Waals surface area contributed by atoms with Gasteiger partial charge >= 0.3 is 0 Å². The van der Waals surface area contributed by atoms with E-state index in [1.165, 1.54) is 0 Å². The highest BCUT2D eigenvalue weighted by Crippen LogP contribution is 2.32. The van der Waals surface area contributed by atoms with Crippen molar-refractivity contribution in [3.8, 4) is 28.3 Å². The van der Waals surface area contributed by atoms with Crippen LogP contribution in [0.1, 0.15) is 6.42 Å². The quantitative estimate of drug-likeness (QED) is 0.546. The molecule has 5 heterocycles. The maximum atomic E-state index is 5.60. The van der Waals surface area contributed by atoms with Crippen LogP contribution in [0.5, 0.6) is 5.75 Å². The highest BCUT2D eigenvalue weighted by molar-refractivity contribution is 5.73. The van der Waals surface area contributed by atoms with E-state index in [2.05, 4.69) is 20.7 Å². The second kappa shape index (κ2) is 7.21. The minimum atomic E-state index is 0.418. The Labute approximate surface area is 168 Å². The Morgan fingerprint density at radius 1 is 1.24 bits per heavy atom. The SMILES string of the molecule is COc1cc2ncc(-c3cccc(NC4CCNC4)n3)n2cc1-c1cnn(C)c1. The number of nitrogens with zero attached hydrogens (tertiary/aromatic N) is 5. The number of rotatable bonds is 5. The van der Waals surface area contributed by atoms with E-state index in [1.54, 1.807) is 11.8 Å². The van der Waals surface area contributed by atoms with Crippen LogP contribution in [0, 0.1) is 0 Å². The van der Waals surface area contributed by atoms with Crippen LogP contribution in [0.4, 0.5) is 5.82 Å². The Morgan fingerprint density at radius 3 is 2.93 bits per heavy atom. The average molecular weight is 389 g/mol. The van der Waals surface area contributed by atoms with Gasteiger partial charge in [0.15, 0.2) is 0 Å². The standard InChI is InChI=1S/C21H23N7O/c1-27-12-14(9-24-27)16-13-28-18(11-23-21(28)8-19(16)29-2)17-4-3-5-20(26-17)25-15-6-7-22-10-15/h3-5,8-9,11-13,15,22H,6-7,10H2,1-2H3,(H,25,26). The molecule has 0 aliphatic carbocycles. The minimum Gasteiger partial charge on any atom is -0.496 e. The Bertz CT molecular complexity index is 1160. The van der Waals surface area contributed by atoms with Crippen LogP contribution < -0.4 is 15.4 Å². The summed E-state index contributed by atoms with van der Waals surface area (Å²) in [6, 6.07) is 8.40. The Balaban J connectivity index is 1.57. The molecule has 0 aromatic carbocycles. The molecule has 1 fully saturated rings. The third kappa shape index (κ3) is 3.31. The van der Waals surface area contributed by atoms with Crippen molar-refractivity contribution >= 4 is 11.5 Å². The lowest BCUT2D eigenvalue weighted by Crippen LogP contribution is -2.22. The Morgan fingerprint density at radius 2 is 2.17 bits per heavy atom.